The summed E-state index contributed by atoms with van der Waals surface area (Å²) in [5.41, 5.74) is 5.57. The molecule has 0 fully saturated rings. The van der Waals surface area contributed by atoms with Crippen LogP contribution in [0.3, 0.4) is 0 Å². The summed E-state index contributed by atoms with van der Waals surface area (Å²) in [5, 5.41) is 17.0. The van der Waals surface area contributed by atoms with Crippen LogP contribution < -0.4 is 21.7 Å². The predicted molar refractivity (Wildman–Crippen MR) is 110 cm³/mol. The van der Waals surface area contributed by atoms with Gasteiger partial charge < -0.3 is 26.8 Å². The van der Waals surface area contributed by atoms with Crippen molar-refractivity contribution in [1.29, 1.82) is 0 Å². The van der Waals surface area contributed by atoms with Crippen LogP contribution in [0.4, 0.5) is 0 Å². The van der Waals surface area contributed by atoms with Crippen LogP contribution in [0.15, 0.2) is 0 Å². The highest BCUT2D eigenvalue weighted by molar-refractivity contribution is 7.80. The number of hydrogen-bond acceptors (Lipinski definition) is 6. The van der Waals surface area contributed by atoms with Crippen LogP contribution in [-0.2, 0) is 19.2 Å². The van der Waals surface area contributed by atoms with Gasteiger partial charge in [-0.25, -0.2) is 4.79 Å². The first-order valence-electron chi connectivity index (χ1n) is 9.50. The minimum Gasteiger partial charge on any atom is -0.480 e. The number of nitrogens with one attached hydrogen (secondary N) is 3. The molecule has 3 amide bonds. The molecule has 0 aliphatic carbocycles. The molecule has 0 rings (SSSR count). The monoisotopic (exact) mass is 418 g/mol. The molecule has 0 aliphatic heterocycles. The Bertz CT molecular complexity index is 560. The van der Waals surface area contributed by atoms with Gasteiger partial charge in [-0.05, 0) is 18.8 Å². The second-order valence-corrected chi connectivity index (χ2v) is 7.47. The van der Waals surface area contributed by atoms with Gasteiger partial charge in [-0.1, -0.05) is 40.5 Å². The summed E-state index contributed by atoms with van der Waals surface area (Å²) in [6.45, 7) is 8.68. The fraction of sp³-hybridized carbons (Fsp3) is 0.778. The van der Waals surface area contributed by atoms with Crippen molar-refractivity contribution in [3.8, 4) is 0 Å². The Morgan fingerprint density at radius 3 is 1.75 bits per heavy atom. The van der Waals surface area contributed by atoms with Crippen LogP contribution in [0.25, 0.3) is 0 Å². The van der Waals surface area contributed by atoms with Gasteiger partial charge >= 0.3 is 5.97 Å². The lowest BCUT2D eigenvalue weighted by Crippen LogP contribution is -2.58. The highest BCUT2D eigenvalue weighted by Gasteiger charge is 2.33. The Morgan fingerprint density at radius 1 is 0.857 bits per heavy atom. The molecule has 0 bridgehead atoms. The van der Waals surface area contributed by atoms with E-state index in [1.165, 1.54) is 6.92 Å². The minimum absolute atomic E-state index is 0.129. The van der Waals surface area contributed by atoms with Crippen molar-refractivity contribution in [1.82, 2.24) is 16.0 Å². The largest absolute Gasteiger partial charge is 0.480 e. The number of amides is 3. The predicted octanol–water partition coefficient (Wildman–Crippen LogP) is -0.105. The van der Waals surface area contributed by atoms with Gasteiger partial charge in [-0.3, -0.25) is 14.4 Å². The van der Waals surface area contributed by atoms with Crippen molar-refractivity contribution in [2.24, 2.45) is 17.6 Å². The maximum absolute atomic E-state index is 12.7. The molecule has 0 saturated carbocycles. The average Bonchev–Trinajstić information content (AvgIpc) is 2.67. The van der Waals surface area contributed by atoms with Gasteiger partial charge in [0.15, 0.2) is 0 Å². The number of hydrogen-bond donors (Lipinski definition) is 6. The highest BCUT2D eigenvalue weighted by Crippen LogP contribution is 2.12. The third-order valence-electron chi connectivity index (χ3n) is 4.86. The van der Waals surface area contributed by atoms with Crippen molar-refractivity contribution in [2.75, 3.05) is 5.75 Å². The highest BCUT2D eigenvalue weighted by atomic mass is 32.1. The molecule has 0 radical (unpaired) electrons. The van der Waals surface area contributed by atoms with Crippen molar-refractivity contribution >= 4 is 36.3 Å². The third kappa shape index (κ3) is 8.05. The maximum Gasteiger partial charge on any atom is 0.326 e. The van der Waals surface area contributed by atoms with E-state index in [4.69, 9.17) is 5.73 Å². The van der Waals surface area contributed by atoms with Gasteiger partial charge in [0, 0.05) is 5.75 Å². The van der Waals surface area contributed by atoms with Crippen LogP contribution >= 0.6 is 12.6 Å². The first-order chi connectivity index (χ1) is 13.0. The zero-order valence-corrected chi connectivity index (χ0v) is 18.1. The van der Waals surface area contributed by atoms with Crippen LogP contribution in [0.5, 0.6) is 0 Å². The maximum atomic E-state index is 12.7. The molecule has 10 heteroatoms. The Morgan fingerprint density at radius 2 is 1.32 bits per heavy atom. The lowest BCUT2D eigenvalue weighted by atomic mass is 9.95. The Kier molecular flexibility index (Phi) is 11.8. The standard InChI is InChI=1S/C18H34N4O5S/c1-6-9(3)13(17(25)22-14(18(26)27)10(4)7-2)21-15(23)11(5)20-16(24)12(19)8-28/h9-14,28H,6-8,19H2,1-5H3,(H,20,24)(H,21,23)(H,22,25)(H,26,27). The SMILES string of the molecule is CCC(C)C(NC(=O)C(NC(=O)C(C)NC(=O)C(N)CS)C(C)CC)C(=O)O. The first kappa shape index (κ1) is 26.2. The number of rotatable bonds is 12. The average molecular weight is 419 g/mol. The van der Waals surface area contributed by atoms with E-state index in [2.05, 4.69) is 28.6 Å². The second kappa shape index (κ2) is 12.6. The molecule has 0 aromatic heterocycles. The van der Waals surface area contributed by atoms with Crippen molar-refractivity contribution < 1.29 is 24.3 Å². The lowest BCUT2D eigenvalue weighted by Gasteiger charge is -2.28. The number of carbonyl (C=O) groups is 4. The van der Waals surface area contributed by atoms with Crippen LogP contribution in [0.1, 0.15) is 47.5 Å². The summed E-state index contributed by atoms with van der Waals surface area (Å²) in [6.07, 6.45) is 1.16. The van der Waals surface area contributed by atoms with E-state index in [0.29, 0.717) is 12.8 Å². The van der Waals surface area contributed by atoms with Gasteiger partial charge in [0.25, 0.3) is 0 Å². The van der Waals surface area contributed by atoms with Crippen LogP contribution in [0, 0.1) is 11.8 Å². The molecule has 6 N–H and O–H groups in total. The zero-order chi connectivity index (χ0) is 22.0. The third-order valence-corrected chi connectivity index (χ3v) is 5.25. The van der Waals surface area contributed by atoms with E-state index >= 15 is 0 Å². The van der Waals surface area contributed by atoms with E-state index in [0.717, 1.165) is 0 Å². The minimum atomic E-state index is -1.13. The van der Waals surface area contributed by atoms with Gasteiger partial charge in [0.05, 0.1) is 6.04 Å². The Labute approximate surface area is 172 Å². The van der Waals surface area contributed by atoms with Crippen molar-refractivity contribution in [3.63, 3.8) is 0 Å². The number of aliphatic carboxylic acids is 1. The number of carbonyl (C=O) groups excluding carboxylic acids is 3. The summed E-state index contributed by atoms with van der Waals surface area (Å²) < 4.78 is 0. The lowest BCUT2D eigenvalue weighted by molar-refractivity contribution is -0.144. The molecule has 0 heterocycles. The molecule has 6 unspecified atom stereocenters. The van der Waals surface area contributed by atoms with E-state index in [9.17, 15) is 24.3 Å². The fourth-order valence-corrected chi connectivity index (χ4v) is 2.54. The quantitative estimate of drug-likeness (QED) is 0.244. The van der Waals surface area contributed by atoms with E-state index in [1.54, 1.807) is 13.8 Å². The van der Waals surface area contributed by atoms with E-state index < -0.39 is 47.9 Å². The fourth-order valence-electron chi connectivity index (χ4n) is 2.38. The molecule has 0 aliphatic rings. The number of nitrogens with two attached hydrogens (primary N) is 1. The van der Waals surface area contributed by atoms with E-state index in [-0.39, 0.29) is 17.6 Å². The summed E-state index contributed by atoms with van der Waals surface area (Å²) in [7, 11) is 0. The molecule has 0 spiro atoms. The molecule has 28 heavy (non-hydrogen) atoms. The zero-order valence-electron chi connectivity index (χ0n) is 17.2. The molecule has 0 saturated heterocycles. The molecule has 0 aromatic rings. The first-order valence-corrected chi connectivity index (χ1v) is 10.1. The van der Waals surface area contributed by atoms with Gasteiger partial charge in [-0.15, -0.1) is 0 Å². The van der Waals surface area contributed by atoms with Crippen LogP contribution in [-0.4, -0.2) is 58.7 Å². The molecule has 9 nitrogen and oxygen atoms in total. The van der Waals surface area contributed by atoms with Crippen molar-refractivity contribution in [2.45, 2.75) is 71.6 Å². The summed E-state index contributed by atoms with van der Waals surface area (Å²) >= 11 is 3.94. The molecule has 162 valence electrons. The van der Waals surface area contributed by atoms with Crippen LogP contribution in [0.2, 0.25) is 0 Å². The summed E-state index contributed by atoms with van der Waals surface area (Å²) in [5.74, 6) is -3.15. The van der Waals surface area contributed by atoms with Gasteiger partial charge in [0.1, 0.15) is 18.1 Å². The molecular weight excluding hydrogens is 384 g/mol. The van der Waals surface area contributed by atoms with Gasteiger partial charge in [-0.2, -0.15) is 12.6 Å². The molecular formula is C18H34N4O5S. The Balaban J connectivity index is 5.21. The molecule has 6 atom stereocenters. The summed E-state index contributed by atoms with van der Waals surface area (Å²) in [4.78, 5) is 48.5. The van der Waals surface area contributed by atoms with Gasteiger partial charge in [0.2, 0.25) is 17.7 Å². The number of thiol groups is 1. The smallest absolute Gasteiger partial charge is 0.326 e. The normalized spacial score (nSPS) is 17.4. The molecule has 0 aromatic carbocycles. The summed E-state index contributed by atoms with van der Waals surface area (Å²) in [6, 6.07) is -3.74. The van der Waals surface area contributed by atoms with Crippen molar-refractivity contribution in [3.05, 3.63) is 0 Å². The topological polar surface area (TPSA) is 151 Å². The second-order valence-electron chi connectivity index (χ2n) is 7.10. The Hall–Kier alpha value is -1.81. The number of carboxylic acids is 1. The van der Waals surface area contributed by atoms with E-state index in [1.807, 2.05) is 13.8 Å². The number of carboxylic acid groups (broad SMARTS) is 1.